The minimum Gasteiger partial charge on any atom is -0.486 e. The summed E-state index contributed by atoms with van der Waals surface area (Å²) in [6, 6.07) is 8.75. The fourth-order valence-corrected chi connectivity index (χ4v) is 3.81. The van der Waals surface area contributed by atoms with E-state index >= 15 is 0 Å². The number of benzene rings is 1. The van der Waals surface area contributed by atoms with E-state index in [1.54, 1.807) is 11.3 Å². The van der Waals surface area contributed by atoms with E-state index < -0.39 is 0 Å². The molecule has 1 aliphatic rings. The van der Waals surface area contributed by atoms with Crippen molar-refractivity contribution in [2.75, 3.05) is 19.8 Å². The van der Waals surface area contributed by atoms with Crippen LogP contribution < -0.4 is 14.8 Å². The van der Waals surface area contributed by atoms with Crippen LogP contribution in [0.1, 0.15) is 23.4 Å². The Hall–Kier alpha value is -1.04. The second-order valence-corrected chi connectivity index (χ2v) is 6.93. The van der Waals surface area contributed by atoms with E-state index in [1.807, 2.05) is 6.07 Å². The number of thiophene rings is 1. The van der Waals surface area contributed by atoms with Crippen molar-refractivity contribution in [2.45, 2.75) is 19.4 Å². The number of hydrogen-bond acceptors (Lipinski definition) is 4. The lowest BCUT2D eigenvalue weighted by atomic mass is 10.1. The summed E-state index contributed by atoms with van der Waals surface area (Å²) in [4.78, 5) is 1.35. The van der Waals surface area contributed by atoms with Crippen molar-refractivity contribution in [3.8, 4) is 11.5 Å². The number of halogens is 1. The van der Waals surface area contributed by atoms with Gasteiger partial charge in [0.05, 0.1) is 0 Å². The third kappa shape index (κ3) is 3.78. The van der Waals surface area contributed by atoms with Gasteiger partial charge in [-0.1, -0.05) is 6.07 Å². The van der Waals surface area contributed by atoms with Gasteiger partial charge in [0.25, 0.3) is 0 Å². The van der Waals surface area contributed by atoms with Crippen LogP contribution in [-0.4, -0.2) is 19.8 Å². The molecule has 3 rings (SSSR count). The second-order valence-electron chi connectivity index (χ2n) is 5.07. The Morgan fingerprint density at radius 3 is 2.81 bits per heavy atom. The van der Waals surface area contributed by atoms with Gasteiger partial charge >= 0.3 is 0 Å². The van der Waals surface area contributed by atoms with Gasteiger partial charge < -0.3 is 14.8 Å². The Kier molecular flexibility index (Phi) is 4.83. The molecule has 5 heteroatoms. The van der Waals surface area contributed by atoms with Crippen molar-refractivity contribution in [2.24, 2.45) is 0 Å². The van der Waals surface area contributed by atoms with Gasteiger partial charge in [-0.05, 0) is 59.6 Å². The number of nitrogens with one attached hydrogen (secondary N) is 1. The van der Waals surface area contributed by atoms with Crippen LogP contribution in [0.4, 0.5) is 0 Å². The van der Waals surface area contributed by atoms with Gasteiger partial charge in [0.15, 0.2) is 11.5 Å². The second kappa shape index (κ2) is 6.81. The highest BCUT2D eigenvalue weighted by atomic mass is 79.9. The summed E-state index contributed by atoms with van der Waals surface area (Å²) in [5, 5.41) is 5.68. The number of ether oxygens (including phenoxy) is 2. The Balaban J connectivity index is 1.53. The first-order chi connectivity index (χ1) is 10.2. The molecular weight excluding hydrogens is 350 g/mol. The summed E-state index contributed by atoms with van der Waals surface area (Å²) in [6.45, 7) is 4.42. The lowest BCUT2D eigenvalue weighted by Crippen LogP contribution is -2.21. The molecule has 1 aliphatic heterocycles. The molecule has 0 amide bonds. The van der Waals surface area contributed by atoms with Crippen molar-refractivity contribution in [1.82, 2.24) is 5.32 Å². The van der Waals surface area contributed by atoms with Crippen molar-refractivity contribution in [3.05, 3.63) is 44.6 Å². The SMILES string of the molecule is CC(NCCc1ccc2c(c1)OCCO2)c1cc(Br)cs1. The van der Waals surface area contributed by atoms with Crippen LogP contribution in [0.15, 0.2) is 34.1 Å². The molecule has 1 unspecified atom stereocenters. The number of hydrogen-bond donors (Lipinski definition) is 1. The van der Waals surface area contributed by atoms with E-state index in [0.717, 1.165) is 28.9 Å². The molecule has 112 valence electrons. The van der Waals surface area contributed by atoms with E-state index in [1.165, 1.54) is 10.4 Å². The van der Waals surface area contributed by atoms with Gasteiger partial charge in [-0.3, -0.25) is 0 Å². The summed E-state index contributed by atoms with van der Waals surface area (Å²) in [6.07, 6.45) is 0.980. The molecule has 3 nitrogen and oxygen atoms in total. The monoisotopic (exact) mass is 367 g/mol. The molecule has 1 N–H and O–H groups in total. The standard InChI is InChI=1S/C16H18BrNO2S/c1-11(16-9-13(17)10-21-16)18-5-4-12-2-3-14-15(8-12)20-7-6-19-14/h2-3,8-11,18H,4-7H2,1H3. The molecular formula is C16H18BrNO2S. The minimum absolute atomic E-state index is 0.374. The van der Waals surface area contributed by atoms with E-state index in [2.05, 4.69) is 51.7 Å². The highest BCUT2D eigenvalue weighted by Crippen LogP contribution is 2.31. The molecule has 0 saturated heterocycles. The van der Waals surface area contributed by atoms with E-state index in [-0.39, 0.29) is 0 Å². The molecule has 1 atom stereocenters. The molecule has 2 heterocycles. The van der Waals surface area contributed by atoms with Crippen molar-refractivity contribution >= 4 is 27.3 Å². The third-order valence-electron chi connectivity index (χ3n) is 3.49. The number of fused-ring (bicyclic) bond motifs is 1. The average molecular weight is 368 g/mol. The fourth-order valence-electron chi connectivity index (χ4n) is 2.33. The normalized spacial score (nSPS) is 15.0. The van der Waals surface area contributed by atoms with Gasteiger partial charge in [0.1, 0.15) is 13.2 Å². The molecule has 0 aliphatic carbocycles. The summed E-state index contributed by atoms with van der Waals surface area (Å²) < 4.78 is 12.3. The quantitative estimate of drug-likeness (QED) is 0.859. The average Bonchev–Trinajstić information content (AvgIpc) is 2.94. The molecule has 0 radical (unpaired) electrons. The van der Waals surface area contributed by atoms with Gasteiger partial charge in [-0.25, -0.2) is 0 Å². The molecule has 0 saturated carbocycles. The first-order valence-electron chi connectivity index (χ1n) is 7.08. The van der Waals surface area contributed by atoms with Crippen molar-refractivity contribution in [1.29, 1.82) is 0 Å². The molecule has 2 aromatic rings. The van der Waals surface area contributed by atoms with Crippen LogP contribution in [-0.2, 0) is 6.42 Å². The summed E-state index contributed by atoms with van der Waals surface area (Å²) in [5.74, 6) is 1.73. The van der Waals surface area contributed by atoms with Crippen LogP contribution in [0, 0.1) is 0 Å². The highest BCUT2D eigenvalue weighted by Gasteiger charge is 2.12. The van der Waals surface area contributed by atoms with Gasteiger partial charge in [-0.15, -0.1) is 11.3 Å². The molecule has 21 heavy (non-hydrogen) atoms. The van der Waals surface area contributed by atoms with Gasteiger partial charge in [0, 0.05) is 20.8 Å². The van der Waals surface area contributed by atoms with Crippen LogP contribution in [0.3, 0.4) is 0 Å². The summed E-state index contributed by atoms with van der Waals surface area (Å²) in [5.41, 5.74) is 1.27. The Morgan fingerprint density at radius 1 is 1.24 bits per heavy atom. The maximum atomic E-state index is 5.61. The minimum atomic E-state index is 0.374. The molecule has 0 bridgehead atoms. The van der Waals surface area contributed by atoms with Crippen molar-refractivity contribution in [3.63, 3.8) is 0 Å². The smallest absolute Gasteiger partial charge is 0.161 e. The lowest BCUT2D eigenvalue weighted by molar-refractivity contribution is 0.171. The van der Waals surface area contributed by atoms with Gasteiger partial charge in [0.2, 0.25) is 0 Å². The molecule has 1 aromatic carbocycles. The highest BCUT2D eigenvalue weighted by molar-refractivity contribution is 9.10. The zero-order chi connectivity index (χ0) is 14.7. The van der Waals surface area contributed by atoms with E-state index in [9.17, 15) is 0 Å². The Morgan fingerprint density at radius 2 is 2.05 bits per heavy atom. The van der Waals surface area contributed by atoms with Gasteiger partial charge in [-0.2, -0.15) is 0 Å². The maximum absolute atomic E-state index is 5.61. The Bertz CT molecular complexity index is 614. The van der Waals surface area contributed by atoms with Crippen LogP contribution >= 0.6 is 27.3 Å². The topological polar surface area (TPSA) is 30.5 Å². The first-order valence-corrected chi connectivity index (χ1v) is 8.75. The van der Waals surface area contributed by atoms with Crippen LogP contribution in [0.25, 0.3) is 0 Å². The first kappa shape index (κ1) is 14.9. The molecule has 0 fully saturated rings. The zero-order valence-corrected chi connectivity index (χ0v) is 14.3. The molecule has 1 aromatic heterocycles. The van der Waals surface area contributed by atoms with Crippen LogP contribution in [0.2, 0.25) is 0 Å². The van der Waals surface area contributed by atoms with E-state index in [0.29, 0.717) is 19.3 Å². The predicted octanol–water partition coefficient (Wildman–Crippen LogP) is 4.18. The Labute approximate surface area is 137 Å². The largest absolute Gasteiger partial charge is 0.486 e. The third-order valence-corrected chi connectivity index (χ3v) is 5.36. The van der Waals surface area contributed by atoms with Crippen LogP contribution in [0.5, 0.6) is 11.5 Å². The van der Waals surface area contributed by atoms with E-state index in [4.69, 9.17) is 9.47 Å². The summed E-state index contributed by atoms with van der Waals surface area (Å²) >= 11 is 5.27. The van der Waals surface area contributed by atoms with Crippen molar-refractivity contribution < 1.29 is 9.47 Å². The fraction of sp³-hybridized carbons (Fsp3) is 0.375. The lowest BCUT2D eigenvalue weighted by Gasteiger charge is -2.19. The summed E-state index contributed by atoms with van der Waals surface area (Å²) in [7, 11) is 0. The predicted molar refractivity (Wildman–Crippen MR) is 89.6 cm³/mol. The maximum Gasteiger partial charge on any atom is 0.161 e. The molecule has 0 spiro atoms. The number of rotatable bonds is 5. The zero-order valence-electron chi connectivity index (χ0n) is 11.9.